The van der Waals surface area contributed by atoms with Crippen LogP contribution >= 0.6 is 24.0 Å². The van der Waals surface area contributed by atoms with Crippen molar-refractivity contribution < 1.29 is 14.0 Å². The van der Waals surface area contributed by atoms with Crippen LogP contribution in [0.15, 0.2) is 33.6 Å². The Morgan fingerprint density at radius 1 is 1.38 bits per heavy atom. The fourth-order valence-electron chi connectivity index (χ4n) is 3.67. The van der Waals surface area contributed by atoms with Gasteiger partial charge in [0.2, 0.25) is 23.4 Å². The van der Waals surface area contributed by atoms with Crippen LogP contribution in [0.5, 0.6) is 0 Å². The van der Waals surface area contributed by atoms with Crippen molar-refractivity contribution in [2.24, 2.45) is 11.7 Å². The van der Waals surface area contributed by atoms with Gasteiger partial charge in [-0.2, -0.15) is 10.2 Å². The Bertz CT molecular complexity index is 1140. The number of rotatable bonds is 5. The van der Waals surface area contributed by atoms with E-state index in [1.807, 2.05) is 42.2 Å². The van der Waals surface area contributed by atoms with Gasteiger partial charge in [-0.3, -0.25) is 14.5 Å². The van der Waals surface area contributed by atoms with Crippen LogP contribution in [0.1, 0.15) is 35.6 Å². The summed E-state index contributed by atoms with van der Waals surface area (Å²) in [4.78, 5) is 32.4. The van der Waals surface area contributed by atoms with Gasteiger partial charge in [-0.15, -0.1) is 0 Å². The number of hydrogen-bond acceptors (Lipinski definition) is 8. The van der Waals surface area contributed by atoms with E-state index in [1.165, 1.54) is 17.8 Å². The Morgan fingerprint density at radius 3 is 2.69 bits per heavy atom. The topological polar surface area (TPSA) is 116 Å². The lowest BCUT2D eigenvalue weighted by Crippen LogP contribution is -2.38. The van der Waals surface area contributed by atoms with Gasteiger partial charge < -0.3 is 15.1 Å². The van der Waals surface area contributed by atoms with Crippen molar-refractivity contribution in [3.8, 4) is 6.07 Å². The summed E-state index contributed by atoms with van der Waals surface area (Å²) >= 11 is 6.58. The standard InChI is InChI=1S/C22H21N5O3S2/c1-13-2-4-14(5-3-13)12-27-20(29)17(32-22(27)31)10-18-25-16(11-23)21(30-18)26-8-6-15(7-9-26)19(24)28/h2-5,10,15H,6-9,12H2,1H3,(H2,24,28)/b17-10+. The molecule has 1 aromatic heterocycles. The Kier molecular flexibility index (Phi) is 6.30. The smallest absolute Gasteiger partial charge is 0.266 e. The van der Waals surface area contributed by atoms with Crippen molar-refractivity contribution in [2.45, 2.75) is 26.3 Å². The number of anilines is 1. The summed E-state index contributed by atoms with van der Waals surface area (Å²) in [6, 6.07) is 9.97. The third-order valence-corrected chi connectivity index (χ3v) is 6.88. The van der Waals surface area contributed by atoms with Gasteiger partial charge in [0.05, 0.1) is 11.4 Å². The van der Waals surface area contributed by atoms with Crippen molar-refractivity contribution in [1.29, 1.82) is 5.26 Å². The molecule has 0 spiro atoms. The lowest BCUT2D eigenvalue weighted by molar-refractivity contribution is -0.123. The fraction of sp³-hybridized carbons (Fsp3) is 0.318. The van der Waals surface area contributed by atoms with Gasteiger partial charge in [0.25, 0.3) is 5.91 Å². The number of carbonyl (C=O) groups is 2. The Hall–Kier alpha value is -3.16. The summed E-state index contributed by atoms with van der Waals surface area (Å²) in [5.41, 5.74) is 7.66. The van der Waals surface area contributed by atoms with Crippen molar-refractivity contribution in [1.82, 2.24) is 9.88 Å². The molecule has 2 aromatic rings. The van der Waals surface area contributed by atoms with Gasteiger partial charge in [0.1, 0.15) is 10.4 Å². The number of aryl methyl sites for hydroxylation is 1. The third-order valence-electron chi connectivity index (χ3n) is 5.51. The van der Waals surface area contributed by atoms with Crippen LogP contribution in [0.2, 0.25) is 0 Å². The van der Waals surface area contributed by atoms with Gasteiger partial charge in [0.15, 0.2) is 0 Å². The molecular weight excluding hydrogens is 446 g/mol. The molecule has 0 bridgehead atoms. The predicted octanol–water partition coefficient (Wildman–Crippen LogP) is 2.96. The molecule has 4 rings (SSSR count). The average molecular weight is 468 g/mol. The zero-order valence-electron chi connectivity index (χ0n) is 17.4. The van der Waals surface area contributed by atoms with Crippen molar-refractivity contribution >= 4 is 52.1 Å². The maximum absolute atomic E-state index is 12.9. The first-order valence-corrected chi connectivity index (χ1v) is 11.3. The van der Waals surface area contributed by atoms with Crippen molar-refractivity contribution in [3.05, 3.63) is 51.9 Å². The monoisotopic (exact) mass is 467 g/mol. The normalized spacial score (nSPS) is 18.4. The number of nitrogens with zero attached hydrogens (tertiary/aromatic N) is 4. The summed E-state index contributed by atoms with van der Waals surface area (Å²) < 4.78 is 6.29. The molecule has 2 aliphatic rings. The number of hydrogen-bond donors (Lipinski definition) is 1. The number of amides is 2. The highest BCUT2D eigenvalue weighted by Gasteiger charge is 2.33. The fourth-order valence-corrected chi connectivity index (χ4v) is 4.89. The first-order chi connectivity index (χ1) is 15.4. The number of benzene rings is 1. The highest BCUT2D eigenvalue weighted by atomic mass is 32.2. The summed E-state index contributed by atoms with van der Waals surface area (Å²) in [6.07, 6.45) is 2.71. The van der Waals surface area contributed by atoms with E-state index in [0.717, 1.165) is 11.1 Å². The minimum atomic E-state index is -0.309. The molecule has 0 radical (unpaired) electrons. The number of thiocarbonyl (C=S) groups is 1. The SMILES string of the molecule is Cc1ccc(CN2C(=O)/C(=C\c3nc(C#N)c(N4CCC(C(N)=O)CC4)o3)SC2=S)cc1. The van der Waals surface area contributed by atoms with E-state index in [2.05, 4.69) is 4.98 Å². The van der Waals surface area contributed by atoms with Crippen LogP contribution in [0.3, 0.4) is 0 Å². The maximum Gasteiger partial charge on any atom is 0.266 e. The van der Waals surface area contributed by atoms with Crippen LogP contribution in [0.25, 0.3) is 6.08 Å². The molecule has 2 aliphatic heterocycles. The lowest BCUT2D eigenvalue weighted by atomic mass is 9.96. The second-order valence-electron chi connectivity index (χ2n) is 7.73. The van der Waals surface area contributed by atoms with Crippen LogP contribution in [0.4, 0.5) is 5.88 Å². The number of thioether (sulfide) groups is 1. The molecule has 0 atom stereocenters. The first kappa shape index (κ1) is 22.0. The minimum absolute atomic E-state index is 0.143. The molecule has 2 saturated heterocycles. The van der Waals surface area contributed by atoms with Crippen molar-refractivity contribution in [2.75, 3.05) is 18.0 Å². The molecule has 0 aliphatic carbocycles. The summed E-state index contributed by atoms with van der Waals surface area (Å²) in [7, 11) is 0. The van der Waals surface area contributed by atoms with E-state index in [1.54, 1.807) is 4.90 Å². The van der Waals surface area contributed by atoms with Gasteiger partial charge >= 0.3 is 0 Å². The quantitative estimate of drug-likeness (QED) is 0.527. The summed E-state index contributed by atoms with van der Waals surface area (Å²) in [6.45, 7) is 3.47. The van der Waals surface area contributed by atoms with E-state index in [4.69, 9.17) is 22.4 Å². The number of nitrogens with two attached hydrogens (primary N) is 1. The van der Waals surface area contributed by atoms with E-state index in [9.17, 15) is 14.9 Å². The van der Waals surface area contributed by atoms with E-state index in [-0.39, 0.29) is 29.3 Å². The zero-order valence-corrected chi connectivity index (χ0v) is 19.0. The summed E-state index contributed by atoms with van der Waals surface area (Å²) in [5.74, 6) is -0.187. The number of oxazole rings is 1. The molecule has 2 fully saturated rings. The maximum atomic E-state index is 12.9. The molecule has 3 heterocycles. The number of primary amides is 1. The molecule has 0 unspecified atom stereocenters. The Labute approximate surface area is 195 Å². The van der Waals surface area contributed by atoms with E-state index in [0.29, 0.717) is 47.6 Å². The summed E-state index contributed by atoms with van der Waals surface area (Å²) in [5, 5.41) is 9.49. The molecule has 10 heteroatoms. The minimum Gasteiger partial charge on any atom is -0.420 e. The second kappa shape index (κ2) is 9.14. The number of aromatic nitrogens is 1. The molecule has 0 saturated carbocycles. The van der Waals surface area contributed by atoms with Crippen molar-refractivity contribution in [3.63, 3.8) is 0 Å². The van der Waals surface area contributed by atoms with E-state index < -0.39 is 0 Å². The van der Waals surface area contributed by atoms with Crippen LogP contribution < -0.4 is 10.6 Å². The molecule has 8 nitrogen and oxygen atoms in total. The highest BCUT2D eigenvalue weighted by molar-refractivity contribution is 8.26. The average Bonchev–Trinajstić information content (AvgIpc) is 3.31. The molecular formula is C22H21N5O3S2. The first-order valence-electron chi connectivity index (χ1n) is 10.1. The number of carbonyl (C=O) groups excluding carboxylic acids is 2. The molecule has 32 heavy (non-hydrogen) atoms. The largest absolute Gasteiger partial charge is 0.420 e. The van der Waals surface area contributed by atoms with Gasteiger partial charge in [0, 0.05) is 25.1 Å². The van der Waals surface area contributed by atoms with Crippen LogP contribution in [-0.2, 0) is 16.1 Å². The van der Waals surface area contributed by atoms with Crippen LogP contribution in [0, 0.1) is 24.2 Å². The van der Waals surface area contributed by atoms with E-state index >= 15 is 0 Å². The molecule has 164 valence electrons. The molecule has 2 N–H and O–H groups in total. The van der Waals surface area contributed by atoms with Gasteiger partial charge in [-0.25, -0.2) is 0 Å². The second-order valence-corrected chi connectivity index (χ2v) is 9.41. The Morgan fingerprint density at radius 2 is 2.06 bits per heavy atom. The van der Waals surface area contributed by atoms with Gasteiger partial charge in [-0.05, 0) is 25.3 Å². The van der Waals surface area contributed by atoms with Crippen LogP contribution in [-0.4, -0.2) is 39.1 Å². The lowest BCUT2D eigenvalue weighted by Gasteiger charge is -2.30. The third kappa shape index (κ3) is 4.54. The molecule has 1 aromatic carbocycles. The number of piperidine rings is 1. The predicted molar refractivity (Wildman–Crippen MR) is 125 cm³/mol. The molecule has 2 amide bonds. The zero-order chi connectivity index (χ0) is 22.8. The highest BCUT2D eigenvalue weighted by Crippen LogP contribution is 2.35. The Balaban J connectivity index is 1.51. The number of nitriles is 1. The van der Waals surface area contributed by atoms with Gasteiger partial charge in [-0.1, -0.05) is 53.8 Å².